The summed E-state index contributed by atoms with van der Waals surface area (Å²) in [5.41, 5.74) is 2.99. The van der Waals surface area contributed by atoms with Crippen LogP contribution in [0.25, 0.3) is 11.0 Å². The molecule has 0 unspecified atom stereocenters. The summed E-state index contributed by atoms with van der Waals surface area (Å²) in [6, 6.07) is 7.86. The molecule has 174 valence electrons. The van der Waals surface area contributed by atoms with Crippen molar-refractivity contribution in [2.75, 3.05) is 44.7 Å². The molecule has 1 fully saturated rings. The molecule has 0 radical (unpaired) electrons. The molecule has 4 rings (SSSR count). The van der Waals surface area contributed by atoms with E-state index in [-0.39, 0.29) is 12.3 Å². The van der Waals surface area contributed by atoms with Crippen molar-refractivity contribution in [2.45, 2.75) is 19.4 Å². The molecule has 33 heavy (non-hydrogen) atoms. The summed E-state index contributed by atoms with van der Waals surface area (Å²) >= 11 is 0. The number of hydrogen-bond acceptors (Lipinski definition) is 8. The number of rotatable bonds is 9. The molecule has 0 atom stereocenters. The normalized spacial score (nSPS) is 14.5. The molecule has 1 saturated heterocycles. The number of aromatic amines is 1. The number of carboxylic acids is 1. The number of aromatic nitrogens is 3. The van der Waals surface area contributed by atoms with Crippen molar-refractivity contribution in [3.8, 4) is 5.88 Å². The molecule has 1 aliphatic heterocycles. The van der Waals surface area contributed by atoms with Crippen LogP contribution in [0.3, 0.4) is 0 Å². The Kier molecular flexibility index (Phi) is 7.16. The van der Waals surface area contributed by atoms with E-state index >= 15 is 0 Å². The second-order valence-electron chi connectivity index (χ2n) is 8.21. The summed E-state index contributed by atoms with van der Waals surface area (Å²) in [5, 5.41) is 23.4. The van der Waals surface area contributed by atoms with Crippen molar-refractivity contribution in [1.82, 2.24) is 25.2 Å². The van der Waals surface area contributed by atoms with E-state index in [1.54, 1.807) is 6.21 Å². The SMILES string of the molecule is CN(CCCC(=O)O)Cc1cccc(N=Cc2c(O)[nH]c3ncnc(N4CCNCC4)c23)c1. The van der Waals surface area contributed by atoms with Gasteiger partial charge in [-0.25, -0.2) is 9.97 Å². The van der Waals surface area contributed by atoms with Crippen LogP contribution in [0.15, 0.2) is 35.6 Å². The summed E-state index contributed by atoms with van der Waals surface area (Å²) in [5.74, 6) is 0.0296. The molecular weight excluding hydrogens is 422 g/mol. The summed E-state index contributed by atoms with van der Waals surface area (Å²) in [6.07, 6.45) is 3.94. The molecule has 0 spiro atoms. The van der Waals surface area contributed by atoms with Crippen molar-refractivity contribution in [2.24, 2.45) is 4.99 Å². The average Bonchev–Trinajstić information content (AvgIpc) is 3.13. The van der Waals surface area contributed by atoms with Gasteiger partial charge in [-0.15, -0.1) is 0 Å². The first kappa shape index (κ1) is 22.7. The number of H-pyrrole nitrogens is 1. The number of aromatic hydroxyl groups is 1. The van der Waals surface area contributed by atoms with Crippen molar-refractivity contribution < 1.29 is 15.0 Å². The smallest absolute Gasteiger partial charge is 0.303 e. The number of fused-ring (bicyclic) bond motifs is 1. The lowest BCUT2D eigenvalue weighted by Gasteiger charge is -2.28. The van der Waals surface area contributed by atoms with E-state index < -0.39 is 5.97 Å². The highest BCUT2D eigenvalue weighted by molar-refractivity contribution is 6.06. The van der Waals surface area contributed by atoms with E-state index in [0.717, 1.165) is 48.6 Å². The Hall–Kier alpha value is -3.50. The number of carbonyl (C=O) groups is 1. The molecule has 1 aliphatic rings. The monoisotopic (exact) mass is 451 g/mol. The topological polar surface area (TPSA) is 130 Å². The average molecular weight is 452 g/mol. The summed E-state index contributed by atoms with van der Waals surface area (Å²) in [7, 11) is 1.97. The Labute approximate surface area is 192 Å². The fourth-order valence-electron chi connectivity index (χ4n) is 4.02. The van der Waals surface area contributed by atoms with Crippen molar-refractivity contribution in [3.63, 3.8) is 0 Å². The van der Waals surface area contributed by atoms with Crippen LogP contribution < -0.4 is 10.2 Å². The molecule has 4 N–H and O–H groups in total. The lowest BCUT2D eigenvalue weighted by atomic mass is 10.2. The number of aliphatic carboxylic acids is 1. The van der Waals surface area contributed by atoms with Crippen LogP contribution in [0.2, 0.25) is 0 Å². The molecule has 0 bridgehead atoms. The number of carboxylic acid groups (broad SMARTS) is 1. The van der Waals surface area contributed by atoms with Gasteiger partial charge in [0.1, 0.15) is 17.8 Å². The Bertz CT molecular complexity index is 1140. The van der Waals surface area contributed by atoms with Crippen molar-refractivity contribution in [1.29, 1.82) is 0 Å². The van der Waals surface area contributed by atoms with Crippen LogP contribution in [0, 0.1) is 0 Å². The van der Waals surface area contributed by atoms with E-state index in [1.165, 1.54) is 6.33 Å². The van der Waals surface area contributed by atoms with Crippen LogP contribution in [0.1, 0.15) is 24.0 Å². The molecule has 2 aromatic heterocycles. The fourth-order valence-corrected chi connectivity index (χ4v) is 4.02. The zero-order valence-electron chi connectivity index (χ0n) is 18.7. The number of anilines is 1. The Morgan fingerprint density at radius 1 is 1.30 bits per heavy atom. The third kappa shape index (κ3) is 5.65. The van der Waals surface area contributed by atoms with Gasteiger partial charge in [-0.05, 0) is 37.7 Å². The first-order valence-corrected chi connectivity index (χ1v) is 11.1. The first-order chi connectivity index (χ1) is 16.0. The van der Waals surface area contributed by atoms with Gasteiger partial charge in [0.05, 0.1) is 16.6 Å². The van der Waals surface area contributed by atoms with Gasteiger partial charge in [-0.3, -0.25) is 9.79 Å². The Morgan fingerprint density at radius 2 is 2.12 bits per heavy atom. The molecule has 10 heteroatoms. The predicted octanol–water partition coefficient (Wildman–Crippen LogP) is 2.12. The maximum Gasteiger partial charge on any atom is 0.303 e. The Morgan fingerprint density at radius 3 is 2.91 bits per heavy atom. The molecule has 3 heterocycles. The minimum Gasteiger partial charge on any atom is -0.494 e. The second-order valence-corrected chi connectivity index (χ2v) is 8.21. The quantitative estimate of drug-likeness (QED) is 0.364. The number of piperazine rings is 1. The zero-order chi connectivity index (χ0) is 23.2. The van der Waals surface area contributed by atoms with Gasteiger partial charge in [0.2, 0.25) is 0 Å². The molecule has 0 aliphatic carbocycles. The minimum absolute atomic E-state index is 0.0138. The van der Waals surface area contributed by atoms with Crippen LogP contribution in [-0.4, -0.2) is 82.0 Å². The van der Waals surface area contributed by atoms with E-state index in [9.17, 15) is 9.90 Å². The maximum atomic E-state index is 10.7. The van der Waals surface area contributed by atoms with Crippen LogP contribution >= 0.6 is 0 Å². The maximum absolute atomic E-state index is 10.7. The van der Waals surface area contributed by atoms with Crippen molar-refractivity contribution in [3.05, 3.63) is 41.7 Å². The van der Waals surface area contributed by atoms with Gasteiger partial charge in [0, 0.05) is 45.4 Å². The molecule has 1 aromatic carbocycles. The van der Waals surface area contributed by atoms with Crippen LogP contribution in [-0.2, 0) is 11.3 Å². The van der Waals surface area contributed by atoms with E-state index in [0.29, 0.717) is 30.7 Å². The van der Waals surface area contributed by atoms with E-state index in [4.69, 9.17) is 5.11 Å². The third-order valence-electron chi connectivity index (χ3n) is 5.64. The highest BCUT2D eigenvalue weighted by Crippen LogP contribution is 2.31. The first-order valence-electron chi connectivity index (χ1n) is 11.1. The van der Waals surface area contributed by atoms with Gasteiger partial charge < -0.3 is 30.3 Å². The number of nitrogens with zero attached hydrogens (tertiary/aromatic N) is 5. The van der Waals surface area contributed by atoms with Crippen molar-refractivity contribution >= 4 is 34.7 Å². The lowest BCUT2D eigenvalue weighted by molar-refractivity contribution is -0.137. The molecule has 0 amide bonds. The highest BCUT2D eigenvalue weighted by Gasteiger charge is 2.20. The van der Waals surface area contributed by atoms with E-state index in [2.05, 4.69) is 35.1 Å². The number of aliphatic imine (C=N–C) groups is 1. The fraction of sp³-hybridized carbons (Fsp3) is 0.391. The van der Waals surface area contributed by atoms with Gasteiger partial charge >= 0.3 is 5.97 Å². The van der Waals surface area contributed by atoms with Gasteiger partial charge in [-0.1, -0.05) is 12.1 Å². The summed E-state index contributed by atoms with van der Waals surface area (Å²) < 4.78 is 0. The molecule has 10 nitrogen and oxygen atoms in total. The van der Waals surface area contributed by atoms with Crippen LogP contribution in [0.5, 0.6) is 5.88 Å². The molecular formula is C23H29N7O3. The van der Waals surface area contributed by atoms with Gasteiger partial charge in [0.15, 0.2) is 5.88 Å². The largest absolute Gasteiger partial charge is 0.494 e. The summed E-state index contributed by atoms with van der Waals surface area (Å²) in [6.45, 7) is 4.82. The minimum atomic E-state index is -0.772. The summed E-state index contributed by atoms with van der Waals surface area (Å²) in [4.78, 5) is 31.3. The van der Waals surface area contributed by atoms with E-state index in [1.807, 2.05) is 31.3 Å². The predicted molar refractivity (Wildman–Crippen MR) is 128 cm³/mol. The second kappa shape index (κ2) is 10.4. The van der Waals surface area contributed by atoms with Gasteiger partial charge in [0.25, 0.3) is 0 Å². The van der Waals surface area contributed by atoms with Crippen LogP contribution in [0.4, 0.5) is 11.5 Å². The highest BCUT2D eigenvalue weighted by atomic mass is 16.4. The number of benzene rings is 1. The van der Waals surface area contributed by atoms with Gasteiger partial charge in [-0.2, -0.15) is 0 Å². The molecule has 0 saturated carbocycles. The lowest BCUT2D eigenvalue weighted by Crippen LogP contribution is -2.44. The Balaban J connectivity index is 1.53. The standard InChI is InChI=1S/C23H29N7O3/c1-29(9-3-6-19(31)32)14-16-4-2-5-17(12-16)25-13-18-20-21(28-23(18)33)26-15-27-22(20)30-10-7-24-8-11-30/h2,4-5,12-13,15,24,33H,3,6-11,14H2,1H3,(H,31,32)(H,26,27,28). The zero-order valence-corrected chi connectivity index (χ0v) is 18.7. The number of hydrogen-bond donors (Lipinski definition) is 4. The number of nitrogens with one attached hydrogen (secondary N) is 2. The third-order valence-corrected chi connectivity index (χ3v) is 5.64. The molecule has 3 aromatic rings.